The topological polar surface area (TPSA) is 47.6 Å². The first-order valence-electron chi connectivity index (χ1n) is 6.31. The minimum absolute atomic E-state index is 0.0777. The quantitative estimate of drug-likeness (QED) is 0.781. The van der Waals surface area contributed by atoms with E-state index in [2.05, 4.69) is 39.8 Å². The number of esters is 1. The highest BCUT2D eigenvalue weighted by atomic mass is 79.9. The molecule has 0 aromatic heterocycles. The van der Waals surface area contributed by atoms with E-state index < -0.39 is 0 Å². The van der Waals surface area contributed by atoms with Gasteiger partial charge in [-0.25, -0.2) is 4.79 Å². The van der Waals surface area contributed by atoms with Crippen molar-refractivity contribution in [2.45, 2.75) is 26.3 Å². The monoisotopic (exact) mass is 329 g/mol. The molecular weight excluding hydrogens is 310 g/mol. The van der Waals surface area contributed by atoms with Crippen LogP contribution in [0.5, 0.6) is 5.75 Å². The van der Waals surface area contributed by atoms with Crippen molar-refractivity contribution in [2.24, 2.45) is 0 Å². The number of ether oxygens (including phenoxy) is 2. The summed E-state index contributed by atoms with van der Waals surface area (Å²) in [7, 11) is 1.35. The van der Waals surface area contributed by atoms with Gasteiger partial charge in [-0.2, -0.15) is 0 Å². The Morgan fingerprint density at radius 1 is 1.47 bits per heavy atom. The summed E-state index contributed by atoms with van der Waals surface area (Å²) in [5.41, 5.74) is 1.02. The standard InChI is InChI=1S/C14H20BrNO3/c1-4-7-16-10(2)12-8-11(15)5-6-13(12)19-9-14(17)18-3/h5-6,8,10,16H,4,7,9H2,1-3H3. The zero-order valence-corrected chi connectivity index (χ0v) is 13.1. The lowest BCUT2D eigenvalue weighted by Gasteiger charge is -2.18. The molecule has 1 N–H and O–H groups in total. The predicted molar refractivity (Wildman–Crippen MR) is 78.4 cm³/mol. The second kappa shape index (κ2) is 8.17. The molecule has 1 unspecified atom stereocenters. The van der Waals surface area contributed by atoms with E-state index in [9.17, 15) is 4.79 Å². The van der Waals surface area contributed by atoms with Crippen LogP contribution < -0.4 is 10.1 Å². The van der Waals surface area contributed by atoms with Crippen LogP contribution in [0.25, 0.3) is 0 Å². The first-order valence-corrected chi connectivity index (χ1v) is 7.10. The number of rotatable bonds is 7. The van der Waals surface area contributed by atoms with E-state index in [0.29, 0.717) is 5.75 Å². The molecule has 0 aliphatic heterocycles. The van der Waals surface area contributed by atoms with E-state index in [1.165, 1.54) is 7.11 Å². The maximum absolute atomic E-state index is 11.1. The number of carbonyl (C=O) groups is 1. The van der Waals surface area contributed by atoms with Crippen molar-refractivity contribution in [3.8, 4) is 5.75 Å². The fourth-order valence-electron chi connectivity index (χ4n) is 1.66. The zero-order valence-electron chi connectivity index (χ0n) is 11.5. The van der Waals surface area contributed by atoms with Crippen LogP contribution in [0.3, 0.4) is 0 Å². The van der Waals surface area contributed by atoms with Gasteiger partial charge in [0.1, 0.15) is 5.75 Å². The molecule has 0 aliphatic rings. The van der Waals surface area contributed by atoms with Gasteiger partial charge in [-0.1, -0.05) is 22.9 Å². The highest BCUT2D eigenvalue weighted by Crippen LogP contribution is 2.28. The number of carbonyl (C=O) groups excluding carboxylic acids is 1. The summed E-state index contributed by atoms with van der Waals surface area (Å²) in [6.45, 7) is 5.05. The maximum atomic E-state index is 11.1. The molecule has 0 radical (unpaired) electrons. The van der Waals surface area contributed by atoms with E-state index in [4.69, 9.17) is 4.74 Å². The third-order valence-corrected chi connectivity index (χ3v) is 3.21. The Labute approximate surface area is 122 Å². The normalized spacial score (nSPS) is 12.0. The lowest BCUT2D eigenvalue weighted by atomic mass is 10.1. The summed E-state index contributed by atoms with van der Waals surface area (Å²) < 4.78 is 11.1. The smallest absolute Gasteiger partial charge is 0.343 e. The molecule has 0 saturated heterocycles. The van der Waals surface area contributed by atoms with Crippen molar-refractivity contribution in [1.82, 2.24) is 5.32 Å². The number of hydrogen-bond donors (Lipinski definition) is 1. The molecule has 0 bridgehead atoms. The molecule has 19 heavy (non-hydrogen) atoms. The SMILES string of the molecule is CCCNC(C)c1cc(Br)ccc1OCC(=O)OC. The first kappa shape index (κ1) is 16.0. The summed E-state index contributed by atoms with van der Waals surface area (Å²) >= 11 is 3.45. The Bertz CT molecular complexity index is 423. The van der Waals surface area contributed by atoms with Gasteiger partial charge in [0.05, 0.1) is 7.11 Å². The molecule has 1 aromatic rings. The largest absolute Gasteiger partial charge is 0.482 e. The maximum Gasteiger partial charge on any atom is 0.343 e. The summed E-state index contributed by atoms with van der Waals surface area (Å²) in [5, 5.41) is 3.40. The Morgan fingerprint density at radius 3 is 2.84 bits per heavy atom. The van der Waals surface area contributed by atoms with E-state index in [-0.39, 0.29) is 18.6 Å². The van der Waals surface area contributed by atoms with Crippen molar-refractivity contribution in [3.05, 3.63) is 28.2 Å². The van der Waals surface area contributed by atoms with Gasteiger partial charge in [-0.3, -0.25) is 0 Å². The van der Waals surface area contributed by atoms with Gasteiger partial charge in [0, 0.05) is 16.1 Å². The molecule has 1 aromatic carbocycles. The summed E-state index contributed by atoms with van der Waals surface area (Å²) in [6.07, 6.45) is 1.07. The fourth-order valence-corrected chi connectivity index (χ4v) is 2.03. The second-order valence-corrected chi connectivity index (χ2v) is 5.14. The van der Waals surface area contributed by atoms with Crippen LogP contribution in [0, 0.1) is 0 Å². The average molecular weight is 330 g/mol. The highest BCUT2D eigenvalue weighted by molar-refractivity contribution is 9.10. The van der Waals surface area contributed by atoms with E-state index >= 15 is 0 Å². The van der Waals surface area contributed by atoms with Crippen LogP contribution in [0.2, 0.25) is 0 Å². The Hall–Kier alpha value is -1.07. The molecule has 5 heteroatoms. The molecule has 0 spiro atoms. The minimum Gasteiger partial charge on any atom is -0.482 e. The van der Waals surface area contributed by atoms with E-state index in [1.54, 1.807) is 0 Å². The summed E-state index contributed by atoms with van der Waals surface area (Å²) in [5.74, 6) is 0.313. The Morgan fingerprint density at radius 2 is 2.21 bits per heavy atom. The van der Waals surface area contributed by atoms with Crippen LogP contribution in [-0.2, 0) is 9.53 Å². The van der Waals surface area contributed by atoms with Gasteiger partial charge >= 0.3 is 5.97 Å². The van der Waals surface area contributed by atoms with Crippen LogP contribution in [0.15, 0.2) is 22.7 Å². The third-order valence-electron chi connectivity index (χ3n) is 2.71. The molecule has 4 nitrogen and oxygen atoms in total. The van der Waals surface area contributed by atoms with Gasteiger partial charge in [0.15, 0.2) is 6.61 Å². The van der Waals surface area contributed by atoms with Gasteiger partial charge in [0.2, 0.25) is 0 Å². The molecule has 106 valence electrons. The molecule has 1 rings (SSSR count). The fraction of sp³-hybridized carbons (Fsp3) is 0.500. The minimum atomic E-state index is -0.386. The predicted octanol–water partition coefficient (Wildman–Crippen LogP) is 3.06. The number of hydrogen-bond acceptors (Lipinski definition) is 4. The molecule has 1 atom stereocenters. The van der Waals surface area contributed by atoms with Crippen molar-refractivity contribution in [3.63, 3.8) is 0 Å². The third kappa shape index (κ3) is 5.20. The summed E-state index contributed by atoms with van der Waals surface area (Å²) in [6, 6.07) is 5.90. The lowest BCUT2D eigenvalue weighted by Crippen LogP contribution is -2.21. The van der Waals surface area contributed by atoms with Crippen molar-refractivity contribution < 1.29 is 14.3 Å². The van der Waals surface area contributed by atoms with Gasteiger partial charge in [-0.15, -0.1) is 0 Å². The van der Waals surface area contributed by atoms with E-state index in [0.717, 1.165) is 23.0 Å². The number of benzene rings is 1. The van der Waals surface area contributed by atoms with Crippen LogP contribution in [0.4, 0.5) is 0 Å². The second-order valence-electron chi connectivity index (χ2n) is 4.22. The number of methoxy groups -OCH3 is 1. The van der Waals surface area contributed by atoms with Crippen molar-refractivity contribution in [2.75, 3.05) is 20.3 Å². The number of nitrogens with one attached hydrogen (secondary N) is 1. The Kier molecular flexibility index (Phi) is 6.87. The highest BCUT2D eigenvalue weighted by Gasteiger charge is 2.13. The van der Waals surface area contributed by atoms with Crippen LogP contribution >= 0.6 is 15.9 Å². The number of halogens is 1. The Balaban J connectivity index is 2.81. The molecule has 0 aliphatic carbocycles. The first-order chi connectivity index (χ1) is 9.08. The van der Waals surface area contributed by atoms with Crippen molar-refractivity contribution in [1.29, 1.82) is 0 Å². The molecule has 0 amide bonds. The molecule has 0 heterocycles. The van der Waals surface area contributed by atoms with Crippen LogP contribution in [-0.4, -0.2) is 26.2 Å². The summed E-state index contributed by atoms with van der Waals surface area (Å²) in [4.78, 5) is 11.1. The zero-order chi connectivity index (χ0) is 14.3. The van der Waals surface area contributed by atoms with Gasteiger partial charge in [-0.05, 0) is 38.1 Å². The van der Waals surface area contributed by atoms with Crippen molar-refractivity contribution >= 4 is 21.9 Å². The average Bonchev–Trinajstić information content (AvgIpc) is 2.42. The van der Waals surface area contributed by atoms with E-state index in [1.807, 2.05) is 18.2 Å². The molecule has 0 fully saturated rings. The van der Waals surface area contributed by atoms with Crippen LogP contribution in [0.1, 0.15) is 31.9 Å². The molecule has 0 saturated carbocycles. The molecular formula is C14H20BrNO3. The lowest BCUT2D eigenvalue weighted by molar-refractivity contribution is -0.142. The van der Waals surface area contributed by atoms with Gasteiger partial charge in [0.25, 0.3) is 0 Å². The van der Waals surface area contributed by atoms with Gasteiger partial charge < -0.3 is 14.8 Å².